The van der Waals surface area contributed by atoms with Gasteiger partial charge in [-0.1, -0.05) is 31.0 Å². The van der Waals surface area contributed by atoms with Gasteiger partial charge in [0.25, 0.3) is 0 Å². The minimum Gasteiger partial charge on any atom is -0.392 e. The van der Waals surface area contributed by atoms with Gasteiger partial charge < -0.3 is 5.11 Å². The van der Waals surface area contributed by atoms with Crippen molar-refractivity contribution < 1.29 is 9.90 Å². The molecular formula is C13H16O2S. The molecule has 0 radical (unpaired) electrons. The lowest BCUT2D eigenvalue weighted by Gasteiger charge is -2.26. The van der Waals surface area contributed by atoms with Crippen LogP contribution in [0.3, 0.4) is 0 Å². The Kier molecular flexibility index (Phi) is 3.66. The Balaban J connectivity index is 2.21. The summed E-state index contributed by atoms with van der Waals surface area (Å²) in [6, 6.07) is 7.29. The first-order valence-electron chi connectivity index (χ1n) is 5.70. The zero-order valence-electron chi connectivity index (χ0n) is 9.10. The standard InChI is InChI=1S/C13H16O2S/c14-11-7-3-1-5-9(11)13(15)10-6-2-4-8-12(10)16/h2,4,6,8-9,11,14,16H,1,3,5,7H2/t9-,11+/m1/s1. The number of rotatable bonds is 2. The van der Waals surface area contributed by atoms with Crippen molar-refractivity contribution in [3.63, 3.8) is 0 Å². The van der Waals surface area contributed by atoms with E-state index >= 15 is 0 Å². The molecule has 1 saturated carbocycles. The number of benzene rings is 1. The van der Waals surface area contributed by atoms with E-state index in [0.717, 1.165) is 25.7 Å². The Hall–Kier alpha value is -0.800. The van der Waals surface area contributed by atoms with Crippen LogP contribution in [0, 0.1) is 5.92 Å². The highest BCUT2D eigenvalue weighted by molar-refractivity contribution is 7.80. The molecule has 1 aliphatic carbocycles. The first kappa shape index (κ1) is 11.7. The van der Waals surface area contributed by atoms with Gasteiger partial charge >= 0.3 is 0 Å². The molecule has 2 atom stereocenters. The van der Waals surface area contributed by atoms with Crippen molar-refractivity contribution >= 4 is 18.4 Å². The summed E-state index contributed by atoms with van der Waals surface area (Å²) in [4.78, 5) is 12.9. The summed E-state index contributed by atoms with van der Waals surface area (Å²) >= 11 is 4.28. The molecule has 0 amide bonds. The van der Waals surface area contributed by atoms with Gasteiger partial charge in [0.2, 0.25) is 0 Å². The van der Waals surface area contributed by atoms with Crippen LogP contribution in [-0.2, 0) is 0 Å². The van der Waals surface area contributed by atoms with Gasteiger partial charge in [0.05, 0.1) is 6.10 Å². The van der Waals surface area contributed by atoms with Crippen molar-refractivity contribution in [1.29, 1.82) is 0 Å². The Bertz CT molecular complexity index is 389. The highest BCUT2D eigenvalue weighted by Crippen LogP contribution is 2.29. The molecule has 1 aliphatic rings. The van der Waals surface area contributed by atoms with Crippen molar-refractivity contribution in [2.24, 2.45) is 5.92 Å². The summed E-state index contributed by atoms with van der Waals surface area (Å²) in [5.74, 6) is -0.195. The minimum atomic E-state index is -0.478. The van der Waals surface area contributed by atoms with Gasteiger partial charge in [0.15, 0.2) is 5.78 Å². The second-order valence-corrected chi connectivity index (χ2v) is 4.82. The molecule has 0 aromatic heterocycles. The fourth-order valence-electron chi connectivity index (χ4n) is 2.30. The van der Waals surface area contributed by atoms with Crippen molar-refractivity contribution in [2.45, 2.75) is 36.7 Å². The molecule has 0 aliphatic heterocycles. The van der Waals surface area contributed by atoms with E-state index in [9.17, 15) is 9.90 Å². The molecule has 2 nitrogen and oxygen atoms in total. The first-order chi connectivity index (χ1) is 7.70. The number of thiol groups is 1. The highest BCUT2D eigenvalue weighted by Gasteiger charge is 2.30. The molecule has 1 fully saturated rings. The summed E-state index contributed by atoms with van der Waals surface area (Å²) in [6.45, 7) is 0. The van der Waals surface area contributed by atoms with Gasteiger partial charge in [-0.25, -0.2) is 0 Å². The van der Waals surface area contributed by atoms with Crippen LogP contribution in [0.15, 0.2) is 29.2 Å². The van der Waals surface area contributed by atoms with Crippen molar-refractivity contribution in [3.05, 3.63) is 29.8 Å². The molecule has 0 bridgehead atoms. The molecule has 1 aromatic carbocycles. The molecule has 0 heterocycles. The van der Waals surface area contributed by atoms with Crippen LogP contribution in [0.25, 0.3) is 0 Å². The van der Waals surface area contributed by atoms with E-state index in [4.69, 9.17) is 0 Å². The van der Waals surface area contributed by atoms with E-state index in [1.54, 1.807) is 6.07 Å². The minimum absolute atomic E-state index is 0.0396. The molecule has 1 aromatic rings. The normalized spacial score (nSPS) is 25.4. The quantitative estimate of drug-likeness (QED) is 0.612. The lowest BCUT2D eigenvalue weighted by molar-refractivity contribution is 0.0523. The predicted molar refractivity (Wildman–Crippen MR) is 66.0 cm³/mol. The zero-order valence-corrected chi connectivity index (χ0v) is 9.99. The Labute approximate surface area is 101 Å². The van der Waals surface area contributed by atoms with E-state index < -0.39 is 6.10 Å². The van der Waals surface area contributed by atoms with Crippen molar-refractivity contribution in [3.8, 4) is 0 Å². The second-order valence-electron chi connectivity index (χ2n) is 4.34. The maximum Gasteiger partial charge on any atom is 0.169 e. The van der Waals surface area contributed by atoms with Crippen molar-refractivity contribution in [2.75, 3.05) is 0 Å². The average Bonchev–Trinajstić information content (AvgIpc) is 2.29. The van der Waals surface area contributed by atoms with E-state index in [2.05, 4.69) is 12.6 Å². The molecule has 0 spiro atoms. The fourth-order valence-corrected chi connectivity index (χ4v) is 2.57. The molecule has 16 heavy (non-hydrogen) atoms. The van der Waals surface area contributed by atoms with Gasteiger partial charge in [-0.05, 0) is 18.9 Å². The number of ketones is 1. The third kappa shape index (κ3) is 2.30. The van der Waals surface area contributed by atoms with Gasteiger partial charge in [0, 0.05) is 16.4 Å². The van der Waals surface area contributed by atoms with Crippen molar-refractivity contribution in [1.82, 2.24) is 0 Å². The van der Waals surface area contributed by atoms with E-state index in [0.29, 0.717) is 10.5 Å². The topological polar surface area (TPSA) is 37.3 Å². The smallest absolute Gasteiger partial charge is 0.169 e. The zero-order chi connectivity index (χ0) is 11.5. The molecule has 86 valence electrons. The molecule has 0 unspecified atom stereocenters. The van der Waals surface area contributed by atoms with Gasteiger partial charge in [-0.2, -0.15) is 0 Å². The fraction of sp³-hybridized carbons (Fsp3) is 0.462. The van der Waals surface area contributed by atoms with Crippen LogP contribution >= 0.6 is 12.6 Å². The maximum absolute atomic E-state index is 12.2. The number of carbonyl (C=O) groups is 1. The van der Waals surface area contributed by atoms with Crippen LogP contribution in [0.1, 0.15) is 36.0 Å². The Morgan fingerprint density at radius 1 is 1.25 bits per heavy atom. The summed E-state index contributed by atoms with van der Waals surface area (Å²) < 4.78 is 0. The number of carbonyl (C=O) groups excluding carboxylic acids is 1. The lowest BCUT2D eigenvalue weighted by atomic mass is 9.81. The molecule has 2 rings (SSSR count). The van der Waals surface area contributed by atoms with Crippen LogP contribution < -0.4 is 0 Å². The summed E-state index contributed by atoms with van der Waals surface area (Å²) in [6.07, 6.45) is 3.11. The van der Waals surface area contributed by atoms with Gasteiger partial charge in [-0.15, -0.1) is 12.6 Å². The number of Topliss-reactive ketones (excluding diaryl/α,β-unsaturated/α-hetero) is 1. The maximum atomic E-state index is 12.2. The van der Waals surface area contributed by atoms with E-state index in [1.165, 1.54) is 0 Å². The summed E-state index contributed by atoms with van der Waals surface area (Å²) in [5, 5.41) is 9.85. The Morgan fingerprint density at radius 2 is 1.94 bits per heavy atom. The van der Waals surface area contributed by atoms with Crippen LogP contribution in [0.4, 0.5) is 0 Å². The second kappa shape index (κ2) is 5.02. The summed E-state index contributed by atoms with van der Waals surface area (Å²) in [7, 11) is 0. The molecule has 1 N–H and O–H groups in total. The third-order valence-electron chi connectivity index (χ3n) is 3.24. The first-order valence-corrected chi connectivity index (χ1v) is 6.15. The molecular weight excluding hydrogens is 220 g/mol. The number of aliphatic hydroxyl groups excluding tert-OH is 1. The van der Waals surface area contributed by atoms with Crippen LogP contribution in [0.5, 0.6) is 0 Å². The lowest BCUT2D eigenvalue weighted by Crippen LogP contribution is -2.31. The predicted octanol–water partition coefficient (Wildman–Crippen LogP) is 2.71. The largest absolute Gasteiger partial charge is 0.392 e. The monoisotopic (exact) mass is 236 g/mol. The Morgan fingerprint density at radius 3 is 2.62 bits per heavy atom. The number of hydrogen-bond acceptors (Lipinski definition) is 3. The van der Waals surface area contributed by atoms with E-state index in [-0.39, 0.29) is 11.7 Å². The highest BCUT2D eigenvalue weighted by atomic mass is 32.1. The number of hydrogen-bond donors (Lipinski definition) is 2. The molecule has 0 saturated heterocycles. The van der Waals surface area contributed by atoms with Crippen LogP contribution in [-0.4, -0.2) is 17.0 Å². The van der Waals surface area contributed by atoms with E-state index in [1.807, 2.05) is 18.2 Å². The van der Waals surface area contributed by atoms with Gasteiger partial charge in [-0.3, -0.25) is 4.79 Å². The molecule has 3 heteroatoms. The third-order valence-corrected chi connectivity index (χ3v) is 3.63. The van der Waals surface area contributed by atoms with Gasteiger partial charge in [0.1, 0.15) is 0 Å². The number of aliphatic hydroxyl groups is 1. The van der Waals surface area contributed by atoms with Crippen LogP contribution in [0.2, 0.25) is 0 Å². The SMILES string of the molecule is O=C(c1ccccc1S)[C@@H]1CCCC[C@@H]1O. The average molecular weight is 236 g/mol. The summed E-state index contributed by atoms with van der Waals surface area (Å²) in [5.41, 5.74) is 0.636.